The largest absolute Gasteiger partial charge is 0.315 e. The molecular weight excluding hydrogens is 170 g/mol. The van der Waals surface area contributed by atoms with E-state index < -0.39 is 0 Å². The van der Waals surface area contributed by atoms with Crippen molar-refractivity contribution in [3.05, 3.63) is 12.4 Å². The van der Waals surface area contributed by atoms with Crippen LogP contribution in [0.3, 0.4) is 0 Å². The molecule has 0 fully saturated rings. The summed E-state index contributed by atoms with van der Waals surface area (Å²) in [6.07, 6.45) is 3.61. The zero-order chi connectivity index (χ0) is 8.97. The number of rotatable bonds is 3. The van der Waals surface area contributed by atoms with E-state index in [0.29, 0.717) is 11.9 Å². The minimum Gasteiger partial charge on any atom is -0.315 e. The molecule has 0 aromatic carbocycles. The zero-order valence-corrected chi connectivity index (χ0v) is 8.01. The Kier molecular flexibility index (Phi) is 3.14. The van der Waals surface area contributed by atoms with Gasteiger partial charge in [0.05, 0.1) is 5.16 Å². The topological polar surface area (TPSA) is 30.2 Å². The molecule has 0 saturated carbocycles. The van der Waals surface area contributed by atoms with Crippen LogP contribution in [0.15, 0.2) is 17.4 Å². The minimum absolute atomic E-state index is 0.582. The predicted octanol–water partition coefficient (Wildman–Crippen LogP) is 2.27. The van der Waals surface area contributed by atoms with Crippen LogP contribution in [0.25, 0.3) is 0 Å². The van der Waals surface area contributed by atoms with E-state index in [4.69, 9.17) is 0 Å². The lowest BCUT2D eigenvalue weighted by Crippen LogP contribution is -2.02. The second-order valence-electron chi connectivity index (χ2n) is 2.98. The normalized spacial score (nSPS) is 9.92. The van der Waals surface area contributed by atoms with E-state index in [-0.39, 0.29) is 0 Å². The summed E-state index contributed by atoms with van der Waals surface area (Å²) in [5.41, 5.74) is 0. The first-order valence-electron chi connectivity index (χ1n) is 3.83. The minimum atomic E-state index is 0.582. The molecule has 0 atom stereocenters. The molecule has 0 bridgehead atoms. The third-order valence-corrected chi connectivity index (χ3v) is 1.49. The highest BCUT2D eigenvalue weighted by atomic mass is 32.1. The smallest absolute Gasteiger partial charge is 0.238 e. The van der Waals surface area contributed by atoms with Crippen molar-refractivity contribution in [3.8, 4) is 0 Å². The highest BCUT2D eigenvalue weighted by Crippen LogP contribution is 2.10. The maximum Gasteiger partial charge on any atom is 0.238 e. The summed E-state index contributed by atoms with van der Waals surface area (Å²) in [4.78, 5) is 7.86. The first-order chi connectivity index (χ1) is 5.74. The number of isothiocyanates is 1. The zero-order valence-electron chi connectivity index (χ0n) is 7.19. The molecular formula is C8H11N3S. The monoisotopic (exact) mass is 181 g/mol. The van der Waals surface area contributed by atoms with Crippen molar-refractivity contribution in [2.75, 3.05) is 0 Å². The summed E-state index contributed by atoms with van der Waals surface area (Å²) in [7, 11) is 0. The second kappa shape index (κ2) is 4.14. The number of aromatic nitrogens is 2. The van der Waals surface area contributed by atoms with Gasteiger partial charge in [-0.3, -0.25) is 0 Å². The van der Waals surface area contributed by atoms with Crippen LogP contribution in [0.2, 0.25) is 0 Å². The lowest BCUT2D eigenvalue weighted by atomic mass is 10.2. The van der Waals surface area contributed by atoms with Crippen LogP contribution in [0.4, 0.5) is 5.95 Å². The fourth-order valence-electron chi connectivity index (χ4n) is 0.991. The maximum atomic E-state index is 4.50. The van der Waals surface area contributed by atoms with E-state index in [1.54, 1.807) is 6.20 Å². The molecule has 64 valence electrons. The molecule has 0 N–H and O–H groups in total. The summed E-state index contributed by atoms with van der Waals surface area (Å²) in [5, 5.41) is 2.31. The Bertz CT molecular complexity index is 297. The van der Waals surface area contributed by atoms with Crippen molar-refractivity contribution in [1.29, 1.82) is 0 Å². The number of nitrogens with zero attached hydrogens (tertiary/aromatic N) is 3. The van der Waals surface area contributed by atoms with Gasteiger partial charge in [0, 0.05) is 18.9 Å². The molecule has 0 aliphatic rings. The molecule has 0 saturated heterocycles. The average Bonchev–Trinajstić information content (AvgIpc) is 2.37. The molecule has 1 rings (SSSR count). The Morgan fingerprint density at radius 2 is 2.50 bits per heavy atom. The van der Waals surface area contributed by atoms with Gasteiger partial charge in [0.1, 0.15) is 0 Å². The number of aliphatic imine (C=N–C) groups is 1. The van der Waals surface area contributed by atoms with Crippen molar-refractivity contribution in [1.82, 2.24) is 9.55 Å². The van der Waals surface area contributed by atoms with E-state index in [1.807, 2.05) is 10.8 Å². The van der Waals surface area contributed by atoms with E-state index in [9.17, 15) is 0 Å². The highest BCUT2D eigenvalue weighted by Gasteiger charge is 2.01. The van der Waals surface area contributed by atoms with Crippen LogP contribution < -0.4 is 0 Å². The van der Waals surface area contributed by atoms with Crippen LogP contribution in [0, 0.1) is 5.92 Å². The summed E-state index contributed by atoms with van der Waals surface area (Å²) in [6.45, 7) is 5.20. The molecule has 0 spiro atoms. The molecule has 1 aromatic heterocycles. The van der Waals surface area contributed by atoms with Crippen LogP contribution in [0.1, 0.15) is 13.8 Å². The van der Waals surface area contributed by atoms with Crippen molar-refractivity contribution >= 4 is 23.3 Å². The number of hydrogen-bond acceptors (Lipinski definition) is 3. The first-order valence-corrected chi connectivity index (χ1v) is 4.24. The Morgan fingerprint density at radius 1 is 1.75 bits per heavy atom. The SMILES string of the molecule is CC(C)Cn1ccnc1N=C=S. The van der Waals surface area contributed by atoms with E-state index in [1.165, 1.54) is 0 Å². The van der Waals surface area contributed by atoms with Gasteiger partial charge in [-0.2, -0.15) is 4.99 Å². The van der Waals surface area contributed by atoms with Gasteiger partial charge in [-0.15, -0.1) is 0 Å². The maximum absolute atomic E-state index is 4.50. The standard InChI is InChI=1S/C8H11N3S/c1-7(2)5-11-4-3-9-8(11)10-6-12/h3-4,7H,5H2,1-2H3. The Morgan fingerprint density at radius 3 is 3.08 bits per heavy atom. The third kappa shape index (κ3) is 2.26. The lowest BCUT2D eigenvalue weighted by molar-refractivity contribution is 0.526. The molecule has 0 aliphatic carbocycles. The van der Waals surface area contributed by atoms with Crippen molar-refractivity contribution < 1.29 is 0 Å². The van der Waals surface area contributed by atoms with Gasteiger partial charge in [0.25, 0.3) is 0 Å². The van der Waals surface area contributed by atoms with Crippen LogP contribution in [-0.4, -0.2) is 14.7 Å². The molecule has 1 aromatic rings. The van der Waals surface area contributed by atoms with Crippen LogP contribution in [0.5, 0.6) is 0 Å². The van der Waals surface area contributed by atoms with Crippen molar-refractivity contribution in [2.45, 2.75) is 20.4 Å². The molecule has 1 heterocycles. The molecule has 3 nitrogen and oxygen atoms in total. The number of imidazole rings is 1. The third-order valence-electron chi connectivity index (χ3n) is 1.40. The fourth-order valence-corrected chi connectivity index (χ4v) is 1.07. The molecule has 0 aliphatic heterocycles. The average molecular weight is 181 g/mol. The molecule has 0 unspecified atom stereocenters. The van der Waals surface area contributed by atoms with Gasteiger partial charge in [-0.05, 0) is 18.1 Å². The van der Waals surface area contributed by atoms with Crippen LogP contribution in [-0.2, 0) is 6.54 Å². The lowest BCUT2D eigenvalue weighted by Gasteiger charge is -2.05. The highest BCUT2D eigenvalue weighted by molar-refractivity contribution is 7.78. The quantitative estimate of drug-likeness (QED) is 0.529. The van der Waals surface area contributed by atoms with Gasteiger partial charge in [-0.25, -0.2) is 4.98 Å². The van der Waals surface area contributed by atoms with E-state index in [0.717, 1.165) is 6.54 Å². The second-order valence-corrected chi connectivity index (χ2v) is 3.16. The summed E-state index contributed by atoms with van der Waals surface area (Å²) in [5.74, 6) is 1.22. The van der Waals surface area contributed by atoms with Crippen molar-refractivity contribution in [3.63, 3.8) is 0 Å². The number of hydrogen-bond donors (Lipinski definition) is 0. The van der Waals surface area contributed by atoms with E-state index in [2.05, 4.69) is 41.2 Å². The van der Waals surface area contributed by atoms with Gasteiger partial charge >= 0.3 is 0 Å². The van der Waals surface area contributed by atoms with Gasteiger partial charge < -0.3 is 4.57 Å². The molecule has 12 heavy (non-hydrogen) atoms. The summed E-state index contributed by atoms with van der Waals surface area (Å²) < 4.78 is 1.96. The van der Waals surface area contributed by atoms with Gasteiger partial charge in [0.2, 0.25) is 5.95 Å². The Labute approximate surface area is 77.1 Å². The van der Waals surface area contributed by atoms with Gasteiger partial charge in [0.15, 0.2) is 0 Å². The molecule has 0 radical (unpaired) electrons. The molecule has 0 amide bonds. The fraction of sp³-hybridized carbons (Fsp3) is 0.500. The first kappa shape index (κ1) is 9.10. The van der Waals surface area contributed by atoms with Gasteiger partial charge in [-0.1, -0.05) is 13.8 Å². The summed E-state index contributed by atoms with van der Waals surface area (Å²) >= 11 is 4.50. The van der Waals surface area contributed by atoms with E-state index >= 15 is 0 Å². The Hall–Kier alpha value is -0.990. The Balaban J connectivity index is 2.83. The number of thiocarbonyl (C=S) groups is 1. The molecule has 4 heteroatoms. The van der Waals surface area contributed by atoms with Crippen molar-refractivity contribution in [2.24, 2.45) is 10.9 Å². The predicted molar refractivity (Wildman–Crippen MR) is 51.8 cm³/mol. The van der Waals surface area contributed by atoms with Crippen LogP contribution >= 0.6 is 12.2 Å². The summed E-state index contributed by atoms with van der Waals surface area (Å²) in [6, 6.07) is 0.